The fourth-order valence-corrected chi connectivity index (χ4v) is 3.29. The van der Waals surface area contributed by atoms with Crippen LogP contribution in [0.3, 0.4) is 0 Å². The molecule has 2 aromatic heterocycles. The van der Waals surface area contributed by atoms with Gasteiger partial charge < -0.3 is 10.1 Å². The third-order valence-corrected chi connectivity index (χ3v) is 4.56. The van der Waals surface area contributed by atoms with Crippen molar-refractivity contribution >= 4 is 11.5 Å². The topological polar surface area (TPSA) is 59.4 Å². The van der Waals surface area contributed by atoms with E-state index in [0.717, 1.165) is 47.1 Å². The number of nitrogens with one attached hydrogen (secondary N) is 1. The lowest BCUT2D eigenvalue weighted by molar-refractivity contribution is 0.242. The van der Waals surface area contributed by atoms with Crippen molar-refractivity contribution in [2.45, 2.75) is 32.9 Å². The van der Waals surface area contributed by atoms with Crippen molar-refractivity contribution < 1.29 is 4.74 Å². The molecule has 0 bridgehead atoms. The Labute approximate surface area is 165 Å². The van der Waals surface area contributed by atoms with Gasteiger partial charge in [0.05, 0.1) is 18.4 Å². The van der Waals surface area contributed by atoms with Crippen LogP contribution in [0.25, 0.3) is 0 Å². The third-order valence-electron chi connectivity index (χ3n) is 4.56. The van der Waals surface area contributed by atoms with Crippen molar-refractivity contribution in [2.75, 3.05) is 11.9 Å². The van der Waals surface area contributed by atoms with Crippen molar-refractivity contribution in [3.05, 3.63) is 83.3 Å². The Morgan fingerprint density at radius 1 is 1.04 bits per heavy atom. The van der Waals surface area contributed by atoms with Crippen molar-refractivity contribution in [1.29, 1.82) is 0 Å². The minimum Gasteiger partial charge on any atom is -0.491 e. The molecule has 1 aromatic carbocycles. The SMILES string of the molecule is CC(C)Oc1ccc2c(c1)C(c1ccnc(NCCc3ccccn3)c1)=NC2. The highest BCUT2D eigenvalue weighted by Gasteiger charge is 2.19. The van der Waals surface area contributed by atoms with Crippen LogP contribution < -0.4 is 10.1 Å². The summed E-state index contributed by atoms with van der Waals surface area (Å²) >= 11 is 0. The molecule has 3 aromatic rings. The molecule has 3 heterocycles. The summed E-state index contributed by atoms with van der Waals surface area (Å²) in [5, 5.41) is 3.39. The number of nitrogens with zero attached hydrogens (tertiary/aromatic N) is 3. The van der Waals surface area contributed by atoms with Gasteiger partial charge in [0.1, 0.15) is 11.6 Å². The van der Waals surface area contributed by atoms with Gasteiger partial charge >= 0.3 is 0 Å². The molecular formula is C23H24N4O. The van der Waals surface area contributed by atoms with Crippen LogP contribution in [0, 0.1) is 0 Å². The van der Waals surface area contributed by atoms with Gasteiger partial charge in [-0.1, -0.05) is 12.1 Å². The molecular weight excluding hydrogens is 348 g/mol. The van der Waals surface area contributed by atoms with E-state index in [1.54, 1.807) is 0 Å². The summed E-state index contributed by atoms with van der Waals surface area (Å²) in [6.45, 7) is 5.56. The fourth-order valence-electron chi connectivity index (χ4n) is 3.29. The molecule has 0 spiro atoms. The van der Waals surface area contributed by atoms with Gasteiger partial charge in [0.2, 0.25) is 0 Å². The Bertz CT molecular complexity index is 983. The molecule has 0 saturated carbocycles. The van der Waals surface area contributed by atoms with Gasteiger partial charge in [-0.05, 0) is 55.8 Å². The number of fused-ring (bicyclic) bond motifs is 1. The van der Waals surface area contributed by atoms with Crippen molar-refractivity contribution in [3.8, 4) is 5.75 Å². The number of ether oxygens (including phenoxy) is 1. The van der Waals surface area contributed by atoms with Crippen LogP contribution in [0.4, 0.5) is 5.82 Å². The van der Waals surface area contributed by atoms with Gasteiger partial charge in [-0.25, -0.2) is 4.98 Å². The summed E-state index contributed by atoms with van der Waals surface area (Å²) in [5.41, 5.74) is 5.50. The number of benzene rings is 1. The zero-order valence-electron chi connectivity index (χ0n) is 16.2. The van der Waals surface area contributed by atoms with E-state index in [-0.39, 0.29) is 6.10 Å². The first-order chi connectivity index (χ1) is 13.7. The van der Waals surface area contributed by atoms with E-state index in [1.165, 1.54) is 5.56 Å². The van der Waals surface area contributed by atoms with Crippen LogP contribution in [0.1, 0.15) is 36.2 Å². The summed E-state index contributed by atoms with van der Waals surface area (Å²) in [6.07, 6.45) is 4.65. The Hall–Kier alpha value is -3.21. The minimum atomic E-state index is 0.149. The van der Waals surface area contributed by atoms with Gasteiger partial charge in [-0.2, -0.15) is 0 Å². The van der Waals surface area contributed by atoms with Crippen LogP contribution in [0.15, 0.2) is 65.9 Å². The molecule has 1 aliphatic heterocycles. The molecule has 5 nitrogen and oxygen atoms in total. The predicted octanol–water partition coefficient (Wildman–Crippen LogP) is 4.27. The average Bonchev–Trinajstić information content (AvgIpc) is 3.12. The standard InChI is InChI=1S/C23H24N4O/c1-16(2)28-20-7-6-18-15-27-23(21(18)14-20)17-8-11-25-22(13-17)26-12-9-19-5-3-4-10-24-19/h3-8,10-11,13-14,16H,9,12,15H2,1-2H3,(H,25,26). The summed E-state index contributed by atoms with van der Waals surface area (Å²) < 4.78 is 5.86. The number of aliphatic imine (C=N–C) groups is 1. The van der Waals surface area contributed by atoms with E-state index in [4.69, 9.17) is 9.73 Å². The molecule has 0 saturated heterocycles. The van der Waals surface area contributed by atoms with E-state index >= 15 is 0 Å². The molecule has 0 atom stereocenters. The molecule has 5 heteroatoms. The van der Waals surface area contributed by atoms with E-state index < -0.39 is 0 Å². The number of anilines is 1. The molecule has 0 fully saturated rings. The third kappa shape index (κ3) is 4.19. The highest BCUT2D eigenvalue weighted by Crippen LogP contribution is 2.28. The molecule has 0 aliphatic carbocycles. The van der Waals surface area contributed by atoms with Crippen LogP contribution in [-0.2, 0) is 13.0 Å². The lowest BCUT2D eigenvalue weighted by Gasteiger charge is -2.12. The minimum absolute atomic E-state index is 0.149. The largest absolute Gasteiger partial charge is 0.491 e. The van der Waals surface area contributed by atoms with E-state index in [1.807, 2.05) is 56.6 Å². The number of pyridine rings is 2. The zero-order chi connectivity index (χ0) is 19.3. The molecule has 1 aliphatic rings. The highest BCUT2D eigenvalue weighted by molar-refractivity contribution is 6.15. The Morgan fingerprint density at radius 2 is 1.96 bits per heavy atom. The summed E-state index contributed by atoms with van der Waals surface area (Å²) in [7, 11) is 0. The quantitative estimate of drug-likeness (QED) is 0.673. The number of rotatable bonds is 7. The molecule has 1 N–H and O–H groups in total. The Kier molecular flexibility index (Phi) is 5.33. The number of hydrogen-bond acceptors (Lipinski definition) is 5. The lowest BCUT2D eigenvalue weighted by Crippen LogP contribution is -2.09. The van der Waals surface area contributed by atoms with Crippen LogP contribution >= 0.6 is 0 Å². The Morgan fingerprint density at radius 3 is 2.79 bits per heavy atom. The second-order valence-corrected chi connectivity index (χ2v) is 7.08. The fraction of sp³-hybridized carbons (Fsp3) is 0.261. The summed E-state index contributed by atoms with van der Waals surface area (Å²) in [6, 6.07) is 16.3. The highest BCUT2D eigenvalue weighted by atomic mass is 16.5. The first-order valence-corrected chi connectivity index (χ1v) is 9.63. The van der Waals surface area contributed by atoms with Crippen molar-refractivity contribution in [1.82, 2.24) is 9.97 Å². The zero-order valence-corrected chi connectivity index (χ0v) is 16.2. The molecule has 0 radical (unpaired) electrons. The van der Waals surface area contributed by atoms with Crippen LogP contribution in [0.5, 0.6) is 5.75 Å². The molecule has 0 unspecified atom stereocenters. The smallest absolute Gasteiger partial charge is 0.126 e. The molecule has 4 rings (SSSR count). The maximum absolute atomic E-state index is 5.86. The first kappa shape index (κ1) is 18.2. The van der Waals surface area contributed by atoms with Crippen LogP contribution in [-0.4, -0.2) is 28.3 Å². The second kappa shape index (κ2) is 8.21. The van der Waals surface area contributed by atoms with Gasteiger partial charge in [-0.15, -0.1) is 0 Å². The van der Waals surface area contributed by atoms with Gasteiger partial charge in [0.25, 0.3) is 0 Å². The van der Waals surface area contributed by atoms with Gasteiger partial charge in [0.15, 0.2) is 0 Å². The Balaban J connectivity index is 1.48. The molecule has 142 valence electrons. The first-order valence-electron chi connectivity index (χ1n) is 9.63. The van der Waals surface area contributed by atoms with Crippen LogP contribution in [0.2, 0.25) is 0 Å². The normalized spacial score (nSPS) is 12.6. The van der Waals surface area contributed by atoms with E-state index in [9.17, 15) is 0 Å². The van der Waals surface area contributed by atoms with Gasteiger partial charge in [0, 0.05) is 42.2 Å². The molecule has 28 heavy (non-hydrogen) atoms. The number of aromatic nitrogens is 2. The average molecular weight is 372 g/mol. The summed E-state index contributed by atoms with van der Waals surface area (Å²) in [4.78, 5) is 13.6. The van der Waals surface area contributed by atoms with Gasteiger partial charge in [-0.3, -0.25) is 9.98 Å². The van der Waals surface area contributed by atoms with E-state index in [2.05, 4.69) is 33.5 Å². The second-order valence-electron chi connectivity index (χ2n) is 7.08. The molecule has 0 amide bonds. The monoisotopic (exact) mass is 372 g/mol. The lowest BCUT2D eigenvalue weighted by atomic mass is 10.0. The predicted molar refractivity (Wildman–Crippen MR) is 112 cm³/mol. The van der Waals surface area contributed by atoms with Crippen molar-refractivity contribution in [2.24, 2.45) is 4.99 Å². The maximum Gasteiger partial charge on any atom is 0.126 e. The summed E-state index contributed by atoms with van der Waals surface area (Å²) in [5.74, 6) is 1.73. The van der Waals surface area contributed by atoms with E-state index in [0.29, 0.717) is 6.54 Å². The maximum atomic E-state index is 5.86. The van der Waals surface area contributed by atoms with Crippen molar-refractivity contribution in [3.63, 3.8) is 0 Å². The number of hydrogen-bond donors (Lipinski definition) is 1.